The predicted molar refractivity (Wildman–Crippen MR) is 111 cm³/mol. The zero-order valence-corrected chi connectivity index (χ0v) is 16.0. The average Bonchev–Trinajstić information content (AvgIpc) is 2.77. The van der Waals surface area contributed by atoms with Gasteiger partial charge in [-0.3, -0.25) is 14.9 Å². The Kier molecular flexibility index (Phi) is 7.21. The van der Waals surface area contributed by atoms with Crippen molar-refractivity contribution in [1.82, 2.24) is 0 Å². The molecular formula is C22H20N2O6. The van der Waals surface area contributed by atoms with Crippen LogP contribution < -0.4 is 19.5 Å². The molecule has 8 nitrogen and oxygen atoms in total. The molecule has 0 heterocycles. The second-order valence-corrected chi connectivity index (χ2v) is 6.10. The summed E-state index contributed by atoms with van der Waals surface area (Å²) in [4.78, 5) is 22.4. The van der Waals surface area contributed by atoms with Crippen LogP contribution in [-0.4, -0.2) is 30.7 Å². The molecule has 30 heavy (non-hydrogen) atoms. The summed E-state index contributed by atoms with van der Waals surface area (Å²) in [6.45, 7) is 0.440. The molecule has 1 N–H and O–H groups in total. The van der Waals surface area contributed by atoms with Gasteiger partial charge in [0.1, 0.15) is 24.7 Å². The Balaban J connectivity index is 1.41. The molecule has 8 heteroatoms. The van der Waals surface area contributed by atoms with E-state index in [1.54, 1.807) is 30.3 Å². The average molecular weight is 408 g/mol. The van der Waals surface area contributed by atoms with E-state index < -0.39 is 10.8 Å². The first-order chi connectivity index (χ1) is 14.6. The molecule has 3 aromatic carbocycles. The van der Waals surface area contributed by atoms with E-state index >= 15 is 0 Å². The number of ether oxygens (including phenoxy) is 3. The lowest BCUT2D eigenvalue weighted by Gasteiger charge is -2.10. The number of nitro benzene ring substituents is 1. The van der Waals surface area contributed by atoms with Crippen LogP contribution in [-0.2, 0) is 4.79 Å². The maximum absolute atomic E-state index is 12.0. The maximum atomic E-state index is 12.0. The fourth-order valence-corrected chi connectivity index (χ4v) is 2.54. The van der Waals surface area contributed by atoms with Crippen LogP contribution in [0.1, 0.15) is 0 Å². The molecule has 0 atom stereocenters. The Bertz CT molecular complexity index is 976. The monoisotopic (exact) mass is 408 g/mol. The van der Waals surface area contributed by atoms with Gasteiger partial charge in [0, 0.05) is 11.8 Å². The Morgan fingerprint density at radius 3 is 2.07 bits per heavy atom. The lowest BCUT2D eigenvalue weighted by Crippen LogP contribution is -2.20. The highest BCUT2D eigenvalue weighted by atomic mass is 16.6. The van der Waals surface area contributed by atoms with Gasteiger partial charge in [-0.1, -0.05) is 30.3 Å². The summed E-state index contributed by atoms with van der Waals surface area (Å²) in [6, 6.07) is 22.2. The number of anilines is 1. The van der Waals surface area contributed by atoms with Crippen LogP contribution in [0.5, 0.6) is 17.2 Å². The summed E-state index contributed by atoms with van der Waals surface area (Å²) in [5, 5.41) is 13.6. The number of nitrogens with zero attached hydrogens (tertiary/aromatic N) is 1. The van der Waals surface area contributed by atoms with Crippen LogP contribution in [0.2, 0.25) is 0 Å². The standard InChI is InChI=1S/C22H20N2O6/c25-22(16-30-21-9-5-4-8-20(21)24(26)27)23-17-10-12-19(13-11-17)29-15-14-28-18-6-2-1-3-7-18/h1-13H,14-16H2,(H,23,25). The molecule has 1 amide bonds. The van der Waals surface area contributed by atoms with Gasteiger partial charge in [-0.15, -0.1) is 0 Å². The van der Waals surface area contributed by atoms with Crippen molar-refractivity contribution >= 4 is 17.3 Å². The van der Waals surface area contributed by atoms with Crippen molar-refractivity contribution in [3.63, 3.8) is 0 Å². The lowest BCUT2D eigenvalue weighted by molar-refractivity contribution is -0.385. The summed E-state index contributed by atoms with van der Waals surface area (Å²) in [7, 11) is 0. The normalized spacial score (nSPS) is 10.1. The van der Waals surface area contributed by atoms with Crippen molar-refractivity contribution in [2.45, 2.75) is 0 Å². The number of hydrogen-bond donors (Lipinski definition) is 1. The largest absolute Gasteiger partial charge is 0.490 e. The van der Waals surface area contributed by atoms with Gasteiger partial charge >= 0.3 is 5.69 Å². The van der Waals surface area contributed by atoms with Crippen LogP contribution in [0.4, 0.5) is 11.4 Å². The quantitative estimate of drug-likeness (QED) is 0.308. The Morgan fingerprint density at radius 2 is 1.40 bits per heavy atom. The molecule has 0 aliphatic rings. The first-order valence-electron chi connectivity index (χ1n) is 9.18. The summed E-state index contributed by atoms with van der Waals surface area (Å²) in [5.74, 6) is 1.03. The van der Waals surface area contributed by atoms with E-state index in [0.29, 0.717) is 24.7 Å². The maximum Gasteiger partial charge on any atom is 0.310 e. The van der Waals surface area contributed by atoms with Gasteiger partial charge in [-0.25, -0.2) is 0 Å². The number of nitro groups is 1. The van der Waals surface area contributed by atoms with Crippen LogP contribution in [0.15, 0.2) is 78.9 Å². The molecule has 0 spiro atoms. The third-order valence-electron chi connectivity index (χ3n) is 3.92. The summed E-state index contributed by atoms with van der Waals surface area (Å²) >= 11 is 0. The molecule has 0 saturated carbocycles. The summed E-state index contributed by atoms with van der Waals surface area (Å²) in [5.41, 5.74) is 0.363. The molecule has 0 bridgehead atoms. The number of benzene rings is 3. The molecule has 0 aliphatic heterocycles. The minimum absolute atomic E-state index is 0.0409. The van der Waals surface area contributed by atoms with Gasteiger partial charge in [0.2, 0.25) is 0 Å². The van der Waals surface area contributed by atoms with Gasteiger partial charge < -0.3 is 19.5 Å². The van der Waals surface area contributed by atoms with E-state index in [1.165, 1.54) is 18.2 Å². The fraction of sp³-hybridized carbons (Fsp3) is 0.136. The molecule has 3 aromatic rings. The van der Waals surface area contributed by atoms with E-state index in [0.717, 1.165) is 5.75 Å². The number of hydrogen-bond acceptors (Lipinski definition) is 6. The number of carbonyl (C=O) groups is 1. The van der Waals surface area contributed by atoms with Gasteiger partial charge in [-0.2, -0.15) is 0 Å². The molecule has 0 radical (unpaired) electrons. The van der Waals surface area contributed by atoms with Crippen molar-refractivity contribution in [3.8, 4) is 17.2 Å². The van der Waals surface area contributed by atoms with Crippen molar-refractivity contribution < 1.29 is 23.9 Å². The summed E-state index contributed by atoms with van der Waals surface area (Å²) in [6.07, 6.45) is 0. The first kappa shape index (κ1) is 20.7. The highest BCUT2D eigenvalue weighted by Gasteiger charge is 2.15. The SMILES string of the molecule is O=C(COc1ccccc1[N+](=O)[O-])Nc1ccc(OCCOc2ccccc2)cc1. The zero-order valence-electron chi connectivity index (χ0n) is 16.0. The smallest absolute Gasteiger partial charge is 0.310 e. The fourth-order valence-electron chi connectivity index (χ4n) is 2.54. The van der Waals surface area contributed by atoms with Gasteiger partial charge in [0.05, 0.1) is 4.92 Å². The number of amides is 1. The van der Waals surface area contributed by atoms with Crippen molar-refractivity contribution in [2.24, 2.45) is 0 Å². The Hall–Kier alpha value is -4.07. The molecule has 0 aromatic heterocycles. The minimum atomic E-state index is -0.559. The minimum Gasteiger partial charge on any atom is -0.490 e. The second kappa shape index (κ2) is 10.5. The molecule has 154 valence electrons. The zero-order chi connectivity index (χ0) is 21.2. The number of nitrogens with one attached hydrogen (secondary N) is 1. The number of para-hydroxylation sites is 3. The molecule has 0 fully saturated rings. The van der Waals surface area contributed by atoms with E-state index in [4.69, 9.17) is 14.2 Å². The van der Waals surface area contributed by atoms with E-state index in [2.05, 4.69) is 5.32 Å². The lowest BCUT2D eigenvalue weighted by atomic mass is 10.3. The predicted octanol–water partition coefficient (Wildman–Crippen LogP) is 4.07. The van der Waals surface area contributed by atoms with Crippen molar-refractivity contribution in [3.05, 3.63) is 89.0 Å². The highest BCUT2D eigenvalue weighted by molar-refractivity contribution is 5.91. The van der Waals surface area contributed by atoms with Gasteiger partial charge in [0.25, 0.3) is 5.91 Å². The molecule has 3 rings (SSSR count). The summed E-state index contributed by atoms with van der Waals surface area (Å²) < 4.78 is 16.4. The van der Waals surface area contributed by atoms with Crippen molar-refractivity contribution in [2.75, 3.05) is 25.1 Å². The van der Waals surface area contributed by atoms with E-state index in [1.807, 2.05) is 30.3 Å². The number of rotatable bonds is 10. The topological polar surface area (TPSA) is 99.9 Å². The van der Waals surface area contributed by atoms with E-state index in [-0.39, 0.29) is 18.0 Å². The van der Waals surface area contributed by atoms with Crippen molar-refractivity contribution in [1.29, 1.82) is 0 Å². The Morgan fingerprint density at radius 1 is 0.800 bits per heavy atom. The first-order valence-corrected chi connectivity index (χ1v) is 9.18. The third-order valence-corrected chi connectivity index (χ3v) is 3.92. The van der Waals surface area contributed by atoms with E-state index in [9.17, 15) is 14.9 Å². The highest BCUT2D eigenvalue weighted by Crippen LogP contribution is 2.25. The van der Waals surface area contributed by atoms with Gasteiger partial charge in [-0.05, 0) is 42.5 Å². The number of carbonyl (C=O) groups excluding carboxylic acids is 1. The van der Waals surface area contributed by atoms with Gasteiger partial charge in [0.15, 0.2) is 12.4 Å². The molecule has 0 aliphatic carbocycles. The molecule has 0 saturated heterocycles. The Labute approximate surface area is 173 Å². The van der Waals surface area contributed by atoms with Crippen LogP contribution in [0, 0.1) is 10.1 Å². The van der Waals surface area contributed by atoms with Crippen LogP contribution in [0.3, 0.4) is 0 Å². The van der Waals surface area contributed by atoms with Crippen LogP contribution >= 0.6 is 0 Å². The van der Waals surface area contributed by atoms with Crippen LogP contribution in [0.25, 0.3) is 0 Å². The molecular weight excluding hydrogens is 388 g/mol. The third kappa shape index (κ3) is 6.23. The second-order valence-electron chi connectivity index (χ2n) is 6.10. The molecule has 0 unspecified atom stereocenters.